The van der Waals surface area contributed by atoms with Crippen LogP contribution in [0, 0.1) is 22.7 Å². The molecular weight excluding hydrogens is 266 g/mol. The first-order chi connectivity index (χ1) is 10.2. The highest BCUT2D eigenvalue weighted by atomic mass is 16.5. The van der Waals surface area contributed by atoms with Gasteiger partial charge in [0.1, 0.15) is 30.2 Å². The third-order valence-electron chi connectivity index (χ3n) is 3.38. The van der Waals surface area contributed by atoms with E-state index in [4.69, 9.17) is 15.3 Å². The van der Waals surface area contributed by atoms with Crippen molar-refractivity contribution in [1.29, 1.82) is 10.5 Å². The number of ether oxygens (including phenoxy) is 1. The second kappa shape index (κ2) is 5.07. The molecule has 0 spiro atoms. The van der Waals surface area contributed by atoms with Crippen LogP contribution in [0.5, 0.6) is 11.5 Å². The molecule has 0 saturated carbocycles. The third-order valence-corrected chi connectivity index (χ3v) is 3.38. The molecule has 2 N–H and O–H groups in total. The minimum atomic E-state index is -0.0555. The molecule has 1 aliphatic heterocycles. The number of nitriles is 2. The standard InChI is InChI=1S/C16H11N3O2/c17-7-10-1-2-12(5-11(10)8-18)19-15-9-21-16-6-13(20)3-4-14(15)16/h1-6,15,19-20H,9H2. The summed E-state index contributed by atoms with van der Waals surface area (Å²) in [5.74, 6) is 0.821. The maximum atomic E-state index is 9.43. The van der Waals surface area contributed by atoms with Gasteiger partial charge in [0.25, 0.3) is 0 Å². The van der Waals surface area contributed by atoms with Crippen LogP contribution >= 0.6 is 0 Å². The smallest absolute Gasteiger partial charge is 0.128 e. The van der Waals surface area contributed by atoms with E-state index in [1.165, 1.54) is 0 Å². The number of rotatable bonds is 2. The van der Waals surface area contributed by atoms with Crippen molar-refractivity contribution in [1.82, 2.24) is 0 Å². The number of aromatic hydroxyl groups is 1. The van der Waals surface area contributed by atoms with Gasteiger partial charge in [0, 0.05) is 17.3 Å². The van der Waals surface area contributed by atoms with Crippen molar-refractivity contribution >= 4 is 5.69 Å². The fourth-order valence-corrected chi connectivity index (χ4v) is 2.34. The normalized spacial score (nSPS) is 15.4. The fraction of sp³-hybridized carbons (Fsp3) is 0.125. The van der Waals surface area contributed by atoms with Gasteiger partial charge in [0.15, 0.2) is 0 Å². The lowest BCUT2D eigenvalue weighted by Crippen LogP contribution is -2.12. The SMILES string of the molecule is N#Cc1ccc(NC2COc3cc(O)ccc32)cc1C#N. The minimum absolute atomic E-state index is 0.0555. The molecule has 5 nitrogen and oxygen atoms in total. The monoisotopic (exact) mass is 277 g/mol. The van der Waals surface area contributed by atoms with Crippen molar-refractivity contribution < 1.29 is 9.84 Å². The molecule has 0 bridgehead atoms. The van der Waals surface area contributed by atoms with Crippen LogP contribution in [0.1, 0.15) is 22.7 Å². The first-order valence-electron chi connectivity index (χ1n) is 6.38. The molecule has 5 heteroatoms. The molecule has 1 unspecified atom stereocenters. The van der Waals surface area contributed by atoms with Crippen LogP contribution < -0.4 is 10.1 Å². The van der Waals surface area contributed by atoms with Crippen LogP contribution in [0.4, 0.5) is 5.69 Å². The van der Waals surface area contributed by atoms with Crippen LogP contribution in [-0.4, -0.2) is 11.7 Å². The van der Waals surface area contributed by atoms with E-state index in [1.54, 1.807) is 30.3 Å². The summed E-state index contributed by atoms with van der Waals surface area (Å²) in [5.41, 5.74) is 2.40. The number of anilines is 1. The van der Waals surface area contributed by atoms with Crippen LogP contribution in [0.15, 0.2) is 36.4 Å². The lowest BCUT2D eigenvalue weighted by molar-refractivity contribution is 0.338. The quantitative estimate of drug-likeness (QED) is 0.880. The Morgan fingerprint density at radius 1 is 1.10 bits per heavy atom. The van der Waals surface area contributed by atoms with Crippen molar-refractivity contribution in [3.8, 4) is 23.6 Å². The van der Waals surface area contributed by atoms with Gasteiger partial charge in [-0.3, -0.25) is 0 Å². The summed E-state index contributed by atoms with van der Waals surface area (Å²) in [7, 11) is 0. The molecule has 0 saturated heterocycles. The molecule has 1 heterocycles. The summed E-state index contributed by atoms with van der Waals surface area (Å²) in [6.07, 6.45) is 0. The average Bonchev–Trinajstić information content (AvgIpc) is 2.89. The second-order valence-corrected chi connectivity index (χ2v) is 4.71. The van der Waals surface area contributed by atoms with Crippen LogP contribution in [0.3, 0.4) is 0 Å². The van der Waals surface area contributed by atoms with Gasteiger partial charge in [-0.05, 0) is 30.3 Å². The zero-order valence-corrected chi connectivity index (χ0v) is 11.0. The van der Waals surface area contributed by atoms with E-state index in [0.29, 0.717) is 23.5 Å². The van der Waals surface area contributed by atoms with Crippen LogP contribution in [0.2, 0.25) is 0 Å². The largest absolute Gasteiger partial charge is 0.508 e. The minimum Gasteiger partial charge on any atom is -0.508 e. The van der Waals surface area contributed by atoms with Gasteiger partial charge < -0.3 is 15.2 Å². The predicted molar refractivity (Wildman–Crippen MR) is 75.8 cm³/mol. The highest BCUT2D eigenvalue weighted by Gasteiger charge is 2.24. The molecule has 0 aromatic heterocycles. The molecule has 1 atom stereocenters. The highest BCUT2D eigenvalue weighted by Crippen LogP contribution is 2.36. The third kappa shape index (κ3) is 2.33. The molecule has 102 valence electrons. The van der Waals surface area contributed by atoms with Crippen molar-refractivity contribution in [3.05, 3.63) is 53.1 Å². The van der Waals surface area contributed by atoms with Crippen molar-refractivity contribution in [3.63, 3.8) is 0 Å². The number of phenolic OH excluding ortho intramolecular Hbond substituents is 1. The van der Waals surface area contributed by atoms with Gasteiger partial charge >= 0.3 is 0 Å². The molecule has 0 radical (unpaired) electrons. The summed E-state index contributed by atoms with van der Waals surface area (Å²) in [6, 6.07) is 14.0. The lowest BCUT2D eigenvalue weighted by atomic mass is 10.1. The Balaban J connectivity index is 1.87. The zero-order valence-electron chi connectivity index (χ0n) is 11.0. The number of benzene rings is 2. The molecule has 2 aromatic carbocycles. The molecule has 3 rings (SSSR count). The number of phenols is 1. The van der Waals surface area contributed by atoms with Gasteiger partial charge in [0.05, 0.1) is 17.2 Å². The lowest BCUT2D eigenvalue weighted by Gasteiger charge is -2.13. The first-order valence-corrected chi connectivity index (χ1v) is 6.38. The Labute approximate surface area is 121 Å². The molecule has 0 fully saturated rings. The molecule has 0 aliphatic carbocycles. The summed E-state index contributed by atoms with van der Waals surface area (Å²) >= 11 is 0. The summed E-state index contributed by atoms with van der Waals surface area (Å²) < 4.78 is 5.53. The summed E-state index contributed by atoms with van der Waals surface area (Å²) in [6.45, 7) is 0.445. The van der Waals surface area contributed by atoms with Gasteiger partial charge in [0.2, 0.25) is 0 Å². The fourth-order valence-electron chi connectivity index (χ4n) is 2.34. The first kappa shape index (κ1) is 12.8. The maximum Gasteiger partial charge on any atom is 0.128 e. The number of hydrogen-bond donors (Lipinski definition) is 2. The van der Waals surface area contributed by atoms with Crippen molar-refractivity contribution in [2.75, 3.05) is 11.9 Å². The number of fused-ring (bicyclic) bond motifs is 1. The Bertz CT molecular complexity index is 787. The van der Waals surface area contributed by atoms with E-state index in [-0.39, 0.29) is 11.8 Å². The Morgan fingerprint density at radius 2 is 1.90 bits per heavy atom. The van der Waals surface area contributed by atoms with Crippen molar-refractivity contribution in [2.24, 2.45) is 0 Å². The predicted octanol–water partition coefficient (Wildman–Crippen LogP) is 2.68. The van der Waals surface area contributed by atoms with E-state index in [1.807, 2.05) is 18.2 Å². The van der Waals surface area contributed by atoms with Gasteiger partial charge in [-0.1, -0.05) is 0 Å². The van der Waals surface area contributed by atoms with Crippen LogP contribution in [0.25, 0.3) is 0 Å². The highest BCUT2D eigenvalue weighted by molar-refractivity contribution is 5.58. The average molecular weight is 277 g/mol. The molecule has 0 amide bonds. The van der Waals surface area contributed by atoms with Crippen molar-refractivity contribution in [2.45, 2.75) is 6.04 Å². The number of nitrogens with zero attached hydrogens (tertiary/aromatic N) is 2. The zero-order chi connectivity index (χ0) is 14.8. The molecule has 1 aliphatic rings. The number of hydrogen-bond acceptors (Lipinski definition) is 5. The number of nitrogens with one attached hydrogen (secondary N) is 1. The summed E-state index contributed by atoms with van der Waals surface area (Å²) in [5, 5.41) is 30.7. The second-order valence-electron chi connectivity index (χ2n) is 4.71. The van der Waals surface area contributed by atoms with E-state index in [9.17, 15) is 5.11 Å². The summed E-state index contributed by atoms with van der Waals surface area (Å²) in [4.78, 5) is 0. The molecule has 2 aromatic rings. The van der Waals surface area contributed by atoms with E-state index < -0.39 is 0 Å². The van der Waals surface area contributed by atoms with E-state index >= 15 is 0 Å². The van der Waals surface area contributed by atoms with E-state index in [0.717, 1.165) is 11.3 Å². The van der Waals surface area contributed by atoms with Gasteiger partial charge in [-0.15, -0.1) is 0 Å². The van der Waals surface area contributed by atoms with Gasteiger partial charge in [-0.25, -0.2) is 0 Å². The van der Waals surface area contributed by atoms with Gasteiger partial charge in [-0.2, -0.15) is 10.5 Å². The molecular formula is C16H11N3O2. The Kier molecular flexibility index (Phi) is 3.10. The maximum absolute atomic E-state index is 9.43. The Hall–Kier alpha value is -3.18. The molecule has 21 heavy (non-hydrogen) atoms. The van der Waals surface area contributed by atoms with E-state index in [2.05, 4.69) is 5.32 Å². The topological polar surface area (TPSA) is 89.1 Å². The Morgan fingerprint density at radius 3 is 2.67 bits per heavy atom. The van der Waals surface area contributed by atoms with Crippen LogP contribution in [-0.2, 0) is 0 Å².